The molecule has 166 valence electrons. The molecule has 0 fully saturated rings. The van der Waals surface area contributed by atoms with Crippen LogP contribution in [0.15, 0.2) is 66.7 Å². The van der Waals surface area contributed by atoms with Crippen LogP contribution in [0.25, 0.3) is 0 Å². The molecule has 0 saturated carbocycles. The van der Waals surface area contributed by atoms with Crippen molar-refractivity contribution in [2.24, 2.45) is 0 Å². The third kappa shape index (κ3) is 5.11. The van der Waals surface area contributed by atoms with E-state index in [2.05, 4.69) is 41.3 Å². The average molecular weight is 431 g/mol. The Hall–Kier alpha value is -3.31. The second-order valence-electron chi connectivity index (χ2n) is 8.31. The Morgan fingerprint density at radius 1 is 0.875 bits per heavy atom. The fraction of sp³-hybridized carbons (Fsp3) is 0.296. The highest BCUT2D eigenvalue weighted by atomic mass is 16.5. The summed E-state index contributed by atoms with van der Waals surface area (Å²) in [7, 11) is 3.50. The lowest BCUT2D eigenvalue weighted by Crippen LogP contribution is -2.21. The van der Waals surface area contributed by atoms with Gasteiger partial charge in [0.1, 0.15) is 6.61 Å². The standard InChI is InChI=1S/C27H30N2O3/c1-4-31-26-15-21(16-29-17-23-7-5-6-8-24(23)18-29)11-14-25(26)32-19-20-9-12-22(13-10-20)27(30)28(2)3/h5-15H,4,16-19H2,1-3H3. The van der Waals surface area contributed by atoms with Gasteiger partial charge < -0.3 is 14.4 Å². The van der Waals surface area contributed by atoms with Crippen molar-refractivity contribution in [2.75, 3.05) is 20.7 Å². The Labute approximate surface area is 190 Å². The molecule has 0 atom stereocenters. The van der Waals surface area contributed by atoms with E-state index in [-0.39, 0.29) is 5.91 Å². The lowest BCUT2D eigenvalue weighted by Gasteiger charge is -2.17. The lowest BCUT2D eigenvalue weighted by atomic mass is 10.1. The van der Waals surface area contributed by atoms with Crippen molar-refractivity contribution in [1.29, 1.82) is 0 Å². The van der Waals surface area contributed by atoms with Gasteiger partial charge in [-0.2, -0.15) is 0 Å². The van der Waals surface area contributed by atoms with Crippen molar-refractivity contribution < 1.29 is 14.3 Å². The van der Waals surface area contributed by atoms with Crippen LogP contribution in [-0.2, 0) is 26.2 Å². The zero-order valence-electron chi connectivity index (χ0n) is 19.0. The van der Waals surface area contributed by atoms with Crippen LogP contribution in [0.3, 0.4) is 0 Å². The molecule has 32 heavy (non-hydrogen) atoms. The monoisotopic (exact) mass is 430 g/mol. The van der Waals surface area contributed by atoms with Crippen molar-refractivity contribution in [3.63, 3.8) is 0 Å². The number of nitrogens with zero attached hydrogens (tertiary/aromatic N) is 2. The van der Waals surface area contributed by atoms with E-state index in [4.69, 9.17) is 9.47 Å². The van der Waals surface area contributed by atoms with E-state index < -0.39 is 0 Å². The molecule has 0 unspecified atom stereocenters. The van der Waals surface area contributed by atoms with E-state index in [1.54, 1.807) is 19.0 Å². The van der Waals surface area contributed by atoms with Crippen LogP contribution in [0.1, 0.15) is 39.5 Å². The molecule has 1 heterocycles. The molecule has 1 aliphatic heterocycles. The van der Waals surface area contributed by atoms with Crippen LogP contribution in [0, 0.1) is 0 Å². The summed E-state index contributed by atoms with van der Waals surface area (Å²) in [4.78, 5) is 16.1. The molecule has 0 bridgehead atoms. The molecule has 0 radical (unpaired) electrons. The number of hydrogen-bond acceptors (Lipinski definition) is 4. The summed E-state index contributed by atoms with van der Waals surface area (Å²) >= 11 is 0. The van der Waals surface area contributed by atoms with E-state index >= 15 is 0 Å². The number of rotatable bonds is 8. The number of amides is 1. The number of benzene rings is 3. The van der Waals surface area contributed by atoms with Gasteiger partial charge in [-0.05, 0) is 53.4 Å². The summed E-state index contributed by atoms with van der Waals surface area (Å²) in [6.07, 6.45) is 0. The molecule has 0 aromatic heterocycles. The Bertz CT molecular complexity index is 1050. The number of fused-ring (bicyclic) bond motifs is 1. The summed E-state index contributed by atoms with van der Waals surface area (Å²) in [5.74, 6) is 1.49. The molecule has 3 aromatic rings. The first kappa shape index (κ1) is 21.9. The first-order valence-corrected chi connectivity index (χ1v) is 11.0. The predicted octanol–water partition coefficient (Wildman–Crippen LogP) is 4.88. The summed E-state index contributed by atoms with van der Waals surface area (Å²) in [6.45, 7) is 5.80. The third-order valence-electron chi connectivity index (χ3n) is 5.62. The van der Waals surface area contributed by atoms with Gasteiger partial charge in [-0.25, -0.2) is 0 Å². The Morgan fingerprint density at radius 2 is 1.53 bits per heavy atom. The zero-order valence-corrected chi connectivity index (χ0v) is 19.0. The van der Waals surface area contributed by atoms with Gasteiger partial charge in [0, 0.05) is 39.3 Å². The highest BCUT2D eigenvalue weighted by Crippen LogP contribution is 2.31. The summed E-state index contributed by atoms with van der Waals surface area (Å²) < 4.78 is 11.9. The minimum absolute atomic E-state index is 0.00668. The first-order chi connectivity index (χ1) is 15.5. The Balaban J connectivity index is 1.40. The quantitative estimate of drug-likeness (QED) is 0.511. The molecule has 1 amide bonds. The largest absolute Gasteiger partial charge is 0.490 e. The predicted molar refractivity (Wildman–Crippen MR) is 126 cm³/mol. The molecule has 0 saturated heterocycles. The second kappa shape index (κ2) is 9.88. The fourth-order valence-corrected chi connectivity index (χ4v) is 3.97. The first-order valence-electron chi connectivity index (χ1n) is 11.0. The number of hydrogen-bond donors (Lipinski definition) is 0. The summed E-state index contributed by atoms with van der Waals surface area (Å²) in [6, 6.07) is 22.3. The topological polar surface area (TPSA) is 42.0 Å². The van der Waals surface area contributed by atoms with Crippen molar-refractivity contribution in [1.82, 2.24) is 9.80 Å². The van der Waals surface area contributed by atoms with E-state index in [1.807, 2.05) is 37.3 Å². The van der Waals surface area contributed by atoms with Gasteiger partial charge in [0.2, 0.25) is 0 Å². The molecule has 5 heteroatoms. The van der Waals surface area contributed by atoms with Crippen molar-refractivity contribution in [3.8, 4) is 11.5 Å². The Kier molecular flexibility index (Phi) is 6.76. The number of carbonyl (C=O) groups is 1. The second-order valence-corrected chi connectivity index (χ2v) is 8.31. The number of ether oxygens (including phenoxy) is 2. The maximum absolute atomic E-state index is 12.0. The Morgan fingerprint density at radius 3 is 2.16 bits per heavy atom. The molecule has 5 nitrogen and oxygen atoms in total. The minimum Gasteiger partial charge on any atom is -0.490 e. The molecular formula is C27H30N2O3. The van der Waals surface area contributed by atoms with Crippen molar-refractivity contribution >= 4 is 5.91 Å². The summed E-state index contributed by atoms with van der Waals surface area (Å²) in [5.41, 5.74) is 5.70. The van der Waals surface area contributed by atoms with Crippen LogP contribution in [-0.4, -0.2) is 36.4 Å². The number of carbonyl (C=O) groups excluding carboxylic acids is 1. The van der Waals surface area contributed by atoms with Crippen LogP contribution in [0.4, 0.5) is 0 Å². The maximum atomic E-state index is 12.0. The molecule has 4 rings (SSSR count). The molecular weight excluding hydrogens is 400 g/mol. The van der Waals surface area contributed by atoms with Gasteiger partial charge in [0.05, 0.1) is 6.61 Å². The van der Waals surface area contributed by atoms with E-state index in [1.165, 1.54) is 16.7 Å². The molecule has 1 aliphatic rings. The van der Waals surface area contributed by atoms with Crippen molar-refractivity contribution in [3.05, 3.63) is 94.5 Å². The van der Waals surface area contributed by atoms with Crippen LogP contribution in [0.5, 0.6) is 11.5 Å². The van der Waals surface area contributed by atoms with Gasteiger partial charge >= 0.3 is 0 Å². The van der Waals surface area contributed by atoms with E-state index in [0.717, 1.165) is 36.7 Å². The van der Waals surface area contributed by atoms with Gasteiger partial charge in [-0.3, -0.25) is 9.69 Å². The average Bonchev–Trinajstić information content (AvgIpc) is 3.21. The third-order valence-corrected chi connectivity index (χ3v) is 5.62. The van der Waals surface area contributed by atoms with Gasteiger partial charge in [0.25, 0.3) is 5.91 Å². The highest BCUT2D eigenvalue weighted by molar-refractivity contribution is 5.93. The van der Waals surface area contributed by atoms with Crippen molar-refractivity contribution in [2.45, 2.75) is 33.2 Å². The van der Waals surface area contributed by atoms with Crippen LogP contribution in [0.2, 0.25) is 0 Å². The molecule has 3 aromatic carbocycles. The normalized spacial score (nSPS) is 13.0. The zero-order chi connectivity index (χ0) is 22.5. The fourth-order valence-electron chi connectivity index (χ4n) is 3.97. The van der Waals surface area contributed by atoms with Gasteiger partial charge in [-0.1, -0.05) is 42.5 Å². The molecule has 0 aliphatic carbocycles. The van der Waals surface area contributed by atoms with Gasteiger partial charge in [-0.15, -0.1) is 0 Å². The lowest BCUT2D eigenvalue weighted by molar-refractivity contribution is 0.0827. The SMILES string of the molecule is CCOc1cc(CN2Cc3ccccc3C2)ccc1OCc1ccc(C(=O)N(C)C)cc1. The molecule has 0 spiro atoms. The molecule has 0 N–H and O–H groups in total. The van der Waals surface area contributed by atoms with Gasteiger partial charge in [0.15, 0.2) is 11.5 Å². The smallest absolute Gasteiger partial charge is 0.253 e. The maximum Gasteiger partial charge on any atom is 0.253 e. The highest BCUT2D eigenvalue weighted by Gasteiger charge is 2.19. The summed E-state index contributed by atoms with van der Waals surface area (Å²) in [5, 5.41) is 0. The van der Waals surface area contributed by atoms with E-state index in [9.17, 15) is 4.79 Å². The van der Waals surface area contributed by atoms with E-state index in [0.29, 0.717) is 18.8 Å². The van der Waals surface area contributed by atoms with Crippen LogP contribution >= 0.6 is 0 Å². The minimum atomic E-state index is -0.00668. The van der Waals surface area contributed by atoms with Crippen LogP contribution < -0.4 is 9.47 Å².